The molecule has 2 unspecified atom stereocenters. The molecule has 0 radical (unpaired) electrons. The SMILES string of the molecule is CC(OCC1CCNC1)C(=O)N1CCCCC1. The lowest BCUT2D eigenvalue weighted by molar-refractivity contribution is -0.144. The lowest BCUT2D eigenvalue weighted by Gasteiger charge is -2.29. The van der Waals surface area contributed by atoms with Crippen molar-refractivity contribution in [3.05, 3.63) is 0 Å². The number of hydrogen-bond acceptors (Lipinski definition) is 3. The van der Waals surface area contributed by atoms with Crippen molar-refractivity contribution < 1.29 is 9.53 Å². The average Bonchev–Trinajstić information content (AvgIpc) is 2.89. The summed E-state index contributed by atoms with van der Waals surface area (Å²) in [5, 5.41) is 3.31. The van der Waals surface area contributed by atoms with Crippen LogP contribution in [0.15, 0.2) is 0 Å². The molecule has 1 N–H and O–H groups in total. The number of nitrogens with one attached hydrogen (secondary N) is 1. The van der Waals surface area contributed by atoms with Crippen LogP contribution in [0.25, 0.3) is 0 Å². The van der Waals surface area contributed by atoms with Gasteiger partial charge >= 0.3 is 0 Å². The lowest BCUT2D eigenvalue weighted by atomic mass is 10.1. The molecule has 2 heterocycles. The maximum atomic E-state index is 12.1. The van der Waals surface area contributed by atoms with E-state index in [9.17, 15) is 4.79 Å². The molecule has 2 rings (SSSR count). The van der Waals surface area contributed by atoms with Crippen molar-refractivity contribution in [3.63, 3.8) is 0 Å². The smallest absolute Gasteiger partial charge is 0.251 e. The Hall–Kier alpha value is -0.610. The topological polar surface area (TPSA) is 41.6 Å². The third-order valence-corrected chi connectivity index (χ3v) is 3.76. The average molecular weight is 240 g/mol. The molecule has 2 aliphatic rings. The van der Waals surface area contributed by atoms with Gasteiger partial charge < -0.3 is 15.0 Å². The number of amides is 1. The van der Waals surface area contributed by atoms with Crippen LogP contribution < -0.4 is 5.32 Å². The molecule has 2 atom stereocenters. The van der Waals surface area contributed by atoms with Gasteiger partial charge in [0, 0.05) is 19.6 Å². The molecule has 0 spiro atoms. The summed E-state index contributed by atoms with van der Waals surface area (Å²) in [6.07, 6.45) is 4.45. The second kappa shape index (κ2) is 6.36. The maximum absolute atomic E-state index is 12.1. The molecule has 0 aromatic carbocycles. The van der Waals surface area contributed by atoms with E-state index in [0.717, 1.165) is 39.0 Å². The van der Waals surface area contributed by atoms with Crippen molar-refractivity contribution in [2.75, 3.05) is 32.8 Å². The second-order valence-electron chi connectivity index (χ2n) is 5.22. The van der Waals surface area contributed by atoms with Gasteiger partial charge in [0.05, 0.1) is 6.61 Å². The Morgan fingerprint density at radius 2 is 2.18 bits per heavy atom. The van der Waals surface area contributed by atoms with Gasteiger partial charge in [-0.2, -0.15) is 0 Å². The highest BCUT2D eigenvalue weighted by atomic mass is 16.5. The summed E-state index contributed by atoms with van der Waals surface area (Å²) < 4.78 is 5.71. The van der Waals surface area contributed by atoms with E-state index in [1.807, 2.05) is 11.8 Å². The largest absolute Gasteiger partial charge is 0.368 e. The minimum absolute atomic E-state index is 0.177. The molecule has 2 saturated heterocycles. The Bertz CT molecular complexity index is 246. The van der Waals surface area contributed by atoms with Gasteiger partial charge in [0.2, 0.25) is 0 Å². The highest BCUT2D eigenvalue weighted by Gasteiger charge is 2.24. The van der Waals surface area contributed by atoms with Crippen molar-refractivity contribution in [2.24, 2.45) is 5.92 Å². The quantitative estimate of drug-likeness (QED) is 0.797. The zero-order valence-corrected chi connectivity index (χ0v) is 10.8. The fourth-order valence-corrected chi connectivity index (χ4v) is 2.58. The molecule has 0 aromatic heterocycles. The summed E-state index contributed by atoms with van der Waals surface area (Å²) in [5.74, 6) is 0.766. The Kier molecular flexibility index (Phi) is 4.80. The Morgan fingerprint density at radius 1 is 1.41 bits per heavy atom. The van der Waals surface area contributed by atoms with E-state index in [-0.39, 0.29) is 12.0 Å². The fraction of sp³-hybridized carbons (Fsp3) is 0.923. The number of carbonyl (C=O) groups excluding carboxylic acids is 1. The van der Waals surface area contributed by atoms with Crippen LogP contribution in [-0.4, -0.2) is 49.7 Å². The van der Waals surface area contributed by atoms with Crippen LogP contribution in [0.3, 0.4) is 0 Å². The normalized spacial score (nSPS) is 27.1. The van der Waals surface area contributed by atoms with E-state index in [1.54, 1.807) is 0 Å². The van der Waals surface area contributed by atoms with Gasteiger partial charge in [-0.05, 0) is 45.1 Å². The molecule has 2 aliphatic heterocycles. The van der Waals surface area contributed by atoms with Crippen LogP contribution in [0.5, 0.6) is 0 Å². The Balaban J connectivity index is 1.70. The molecule has 1 amide bonds. The van der Waals surface area contributed by atoms with E-state index >= 15 is 0 Å². The number of hydrogen-bond donors (Lipinski definition) is 1. The maximum Gasteiger partial charge on any atom is 0.251 e. The van der Waals surface area contributed by atoms with Crippen LogP contribution in [0.1, 0.15) is 32.6 Å². The number of likely N-dealkylation sites (tertiary alicyclic amines) is 1. The van der Waals surface area contributed by atoms with Crippen LogP contribution in [0, 0.1) is 5.92 Å². The molecule has 0 aromatic rings. The lowest BCUT2D eigenvalue weighted by Crippen LogP contribution is -2.42. The molecule has 98 valence electrons. The molecular formula is C13H24N2O2. The van der Waals surface area contributed by atoms with Gasteiger partial charge in [0.25, 0.3) is 5.91 Å². The predicted octanol–water partition coefficient (Wildman–Crippen LogP) is 1.01. The molecule has 4 heteroatoms. The first kappa shape index (κ1) is 12.8. The molecular weight excluding hydrogens is 216 g/mol. The van der Waals surface area contributed by atoms with Crippen molar-refractivity contribution in [2.45, 2.75) is 38.7 Å². The standard InChI is InChI=1S/C13H24N2O2/c1-11(17-10-12-5-6-14-9-12)13(16)15-7-3-2-4-8-15/h11-12,14H,2-10H2,1H3. The first-order valence-corrected chi connectivity index (χ1v) is 6.88. The van der Waals surface area contributed by atoms with E-state index in [1.165, 1.54) is 12.8 Å². The molecule has 0 saturated carbocycles. The first-order chi connectivity index (χ1) is 8.27. The molecule has 0 bridgehead atoms. The number of piperidine rings is 1. The highest BCUT2D eigenvalue weighted by Crippen LogP contribution is 2.13. The van der Waals surface area contributed by atoms with E-state index in [0.29, 0.717) is 12.5 Å². The number of nitrogens with zero attached hydrogens (tertiary/aromatic N) is 1. The van der Waals surface area contributed by atoms with Gasteiger partial charge in [-0.3, -0.25) is 4.79 Å². The third kappa shape index (κ3) is 3.68. The number of ether oxygens (including phenoxy) is 1. The number of carbonyl (C=O) groups is 1. The van der Waals surface area contributed by atoms with Gasteiger partial charge in [0.15, 0.2) is 0 Å². The Morgan fingerprint density at radius 3 is 2.82 bits per heavy atom. The fourth-order valence-electron chi connectivity index (χ4n) is 2.58. The first-order valence-electron chi connectivity index (χ1n) is 6.88. The second-order valence-corrected chi connectivity index (χ2v) is 5.22. The van der Waals surface area contributed by atoms with Gasteiger partial charge in [-0.25, -0.2) is 0 Å². The highest BCUT2D eigenvalue weighted by molar-refractivity contribution is 5.80. The van der Waals surface area contributed by atoms with Crippen LogP contribution in [0.4, 0.5) is 0 Å². The van der Waals surface area contributed by atoms with Crippen molar-refractivity contribution in [3.8, 4) is 0 Å². The summed E-state index contributed by atoms with van der Waals surface area (Å²) in [4.78, 5) is 14.0. The number of rotatable bonds is 4. The molecule has 17 heavy (non-hydrogen) atoms. The monoisotopic (exact) mass is 240 g/mol. The van der Waals surface area contributed by atoms with Crippen molar-refractivity contribution in [1.29, 1.82) is 0 Å². The summed E-state index contributed by atoms with van der Waals surface area (Å²) in [7, 11) is 0. The van der Waals surface area contributed by atoms with Crippen molar-refractivity contribution >= 4 is 5.91 Å². The summed E-state index contributed by atoms with van der Waals surface area (Å²) in [5.41, 5.74) is 0. The Labute approximate surface area is 104 Å². The summed E-state index contributed by atoms with van der Waals surface area (Å²) in [6, 6.07) is 0. The third-order valence-electron chi connectivity index (χ3n) is 3.76. The van der Waals surface area contributed by atoms with Crippen LogP contribution >= 0.6 is 0 Å². The van der Waals surface area contributed by atoms with Crippen LogP contribution in [0.2, 0.25) is 0 Å². The minimum Gasteiger partial charge on any atom is -0.368 e. The van der Waals surface area contributed by atoms with Gasteiger partial charge in [0.1, 0.15) is 6.10 Å². The van der Waals surface area contributed by atoms with Crippen LogP contribution in [-0.2, 0) is 9.53 Å². The van der Waals surface area contributed by atoms with E-state index in [4.69, 9.17) is 4.74 Å². The summed E-state index contributed by atoms with van der Waals surface area (Å²) in [6.45, 7) is 6.55. The zero-order valence-electron chi connectivity index (χ0n) is 10.8. The van der Waals surface area contributed by atoms with Gasteiger partial charge in [-0.15, -0.1) is 0 Å². The zero-order chi connectivity index (χ0) is 12.1. The predicted molar refractivity (Wildman–Crippen MR) is 66.8 cm³/mol. The minimum atomic E-state index is -0.270. The van der Waals surface area contributed by atoms with E-state index < -0.39 is 0 Å². The van der Waals surface area contributed by atoms with Gasteiger partial charge in [-0.1, -0.05) is 0 Å². The van der Waals surface area contributed by atoms with E-state index in [2.05, 4.69) is 5.32 Å². The molecule has 2 fully saturated rings. The van der Waals surface area contributed by atoms with Crippen molar-refractivity contribution in [1.82, 2.24) is 10.2 Å². The molecule has 4 nitrogen and oxygen atoms in total. The summed E-state index contributed by atoms with van der Waals surface area (Å²) >= 11 is 0. The molecule has 0 aliphatic carbocycles.